The Bertz CT molecular complexity index is 717. The molecular weight excluding hydrogens is 416 g/mol. The summed E-state index contributed by atoms with van der Waals surface area (Å²) in [6.07, 6.45) is 11.1. The SMILES string of the molecule is CC(C)(C)C1=[C-]CC=C1.CC[C](=[Ti+])CC.Cc1cc(O)cc([Si](C)(C)C(C)(C)C)c1. The molecule has 0 heterocycles. The van der Waals surface area contributed by atoms with Crippen molar-refractivity contribution >= 4 is 17.1 Å². The first kappa shape index (κ1) is 29.3. The van der Waals surface area contributed by atoms with Crippen molar-refractivity contribution in [2.75, 3.05) is 0 Å². The zero-order valence-corrected chi connectivity index (χ0v) is 24.0. The Hall–Kier alpha value is -0.699. The first-order chi connectivity index (χ1) is 13.6. The monoisotopic (exact) mass is 461 g/mol. The zero-order valence-electron chi connectivity index (χ0n) is 21.5. The van der Waals surface area contributed by atoms with E-state index in [-0.39, 0.29) is 0 Å². The Balaban J connectivity index is 0.000000475. The van der Waals surface area contributed by atoms with Gasteiger partial charge in [0.2, 0.25) is 0 Å². The minimum Gasteiger partial charge on any atom is -0.508 e. The van der Waals surface area contributed by atoms with Crippen LogP contribution in [0, 0.1) is 18.4 Å². The number of hydrogen-bond donors (Lipinski definition) is 1. The van der Waals surface area contributed by atoms with Gasteiger partial charge < -0.3 is 5.11 Å². The molecule has 0 bridgehead atoms. The van der Waals surface area contributed by atoms with E-state index in [1.165, 1.54) is 23.6 Å². The predicted molar refractivity (Wildman–Crippen MR) is 135 cm³/mol. The minimum atomic E-state index is -1.50. The third-order valence-corrected chi connectivity index (χ3v) is 12.6. The van der Waals surface area contributed by atoms with Crippen molar-refractivity contribution in [2.24, 2.45) is 5.41 Å². The molecule has 0 aromatic heterocycles. The van der Waals surface area contributed by atoms with Gasteiger partial charge in [0.15, 0.2) is 0 Å². The molecule has 0 spiro atoms. The normalized spacial score (nSPS) is 13.7. The molecule has 30 heavy (non-hydrogen) atoms. The summed E-state index contributed by atoms with van der Waals surface area (Å²) in [5.41, 5.74) is 2.80. The summed E-state index contributed by atoms with van der Waals surface area (Å²) >= 11 is 2.19. The maximum Gasteiger partial charge on any atom is 0.115 e. The quantitative estimate of drug-likeness (QED) is 0.362. The average molecular weight is 462 g/mol. The van der Waals surface area contributed by atoms with E-state index in [4.69, 9.17) is 0 Å². The van der Waals surface area contributed by atoms with E-state index in [0.29, 0.717) is 16.2 Å². The number of phenolic OH excluding ortho intramolecular Hbond substituents is 1. The molecule has 2 rings (SSSR count). The second-order valence-corrected chi connectivity index (χ2v) is 17.1. The number of rotatable bonds is 3. The van der Waals surface area contributed by atoms with Gasteiger partial charge in [0.1, 0.15) is 5.75 Å². The van der Waals surface area contributed by atoms with Gasteiger partial charge in [-0.1, -0.05) is 65.9 Å². The Morgan fingerprint density at radius 1 is 1.03 bits per heavy atom. The number of allylic oxidation sites excluding steroid dienone is 4. The second kappa shape index (κ2) is 12.4. The molecule has 0 saturated heterocycles. The van der Waals surface area contributed by atoms with Crippen molar-refractivity contribution in [2.45, 2.75) is 99.7 Å². The van der Waals surface area contributed by atoms with Gasteiger partial charge in [-0.2, -0.15) is 6.08 Å². The fourth-order valence-electron chi connectivity index (χ4n) is 2.73. The molecule has 0 radical (unpaired) electrons. The Morgan fingerprint density at radius 2 is 1.57 bits per heavy atom. The van der Waals surface area contributed by atoms with E-state index in [1.807, 2.05) is 19.1 Å². The van der Waals surface area contributed by atoms with E-state index < -0.39 is 8.07 Å². The van der Waals surface area contributed by atoms with E-state index >= 15 is 0 Å². The average Bonchev–Trinajstić information content (AvgIpc) is 3.15. The maximum atomic E-state index is 9.65. The fourth-order valence-corrected chi connectivity index (χ4v) is 4.69. The van der Waals surface area contributed by atoms with Crippen molar-refractivity contribution in [3.63, 3.8) is 0 Å². The van der Waals surface area contributed by atoms with E-state index in [2.05, 4.69) is 113 Å². The van der Waals surface area contributed by atoms with Crippen LogP contribution in [0.4, 0.5) is 0 Å². The van der Waals surface area contributed by atoms with Gasteiger partial charge in [0, 0.05) is 0 Å². The van der Waals surface area contributed by atoms with Crippen LogP contribution < -0.4 is 5.19 Å². The molecule has 1 aromatic rings. The molecule has 0 fully saturated rings. The van der Waals surface area contributed by atoms with E-state index in [1.54, 1.807) is 3.81 Å². The summed E-state index contributed by atoms with van der Waals surface area (Å²) in [6.45, 7) is 24.7. The molecule has 0 unspecified atom stereocenters. The number of aromatic hydroxyl groups is 1. The van der Waals surface area contributed by atoms with Crippen molar-refractivity contribution in [1.82, 2.24) is 0 Å². The minimum absolute atomic E-state index is 0.299. The van der Waals surface area contributed by atoms with Gasteiger partial charge in [0.05, 0.1) is 8.07 Å². The smallest absolute Gasteiger partial charge is 0.115 e. The van der Waals surface area contributed by atoms with Crippen LogP contribution >= 0.6 is 0 Å². The van der Waals surface area contributed by atoms with Gasteiger partial charge in [-0.3, -0.25) is 6.08 Å². The number of phenols is 1. The first-order valence-corrected chi connectivity index (χ1v) is 15.0. The van der Waals surface area contributed by atoms with Crippen molar-refractivity contribution in [1.29, 1.82) is 0 Å². The molecule has 167 valence electrons. The van der Waals surface area contributed by atoms with Crippen LogP contribution in [-0.4, -0.2) is 17.0 Å². The fraction of sp³-hybridized carbons (Fsp3) is 0.593. The topological polar surface area (TPSA) is 20.2 Å². The second-order valence-electron chi connectivity index (χ2n) is 10.7. The van der Waals surface area contributed by atoms with Gasteiger partial charge in [-0.05, 0) is 35.1 Å². The molecule has 1 N–H and O–H groups in total. The third-order valence-electron chi connectivity index (χ3n) is 6.02. The summed E-state index contributed by atoms with van der Waals surface area (Å²) in [6, 6.07) is 5.97. The molecule has 1 aromatic carbocycles. The Labute approximate surface area is 200 Å². The molecular formula is C27H45OSiTi. The van der Waals surface area contributed by atoms with E-state index in [0.717, 1.165) is 12.0 Å². The molecule has 1 nitrogen and oxygen atoms in total. The molecule has 1 aliphatic carbocycles. The number of aryl methyl sites for hydroxylation is 1. The Morgan fingerprint density at radius 3 is 1.83 bits per heavy atom. The van der Waals surface area contributed by atoms with Crippen LogP contribution in [0.1, 0.15) is 80.2 Å². The first-order valence-electron chi connectivity index (χ1n) is 11.2. The van der Waals surface area contributed by atoms with Crippen LogP contribution in [0.5, 0.6) is 5.75 Å². The van der Waals surface area contributed by atoms with Crippen LogP contribution in [-0.2, 0) is 20.0 Å². The van der Waals surface area contributed by atoms with Gasteiger partial charge in [0.25, 0.3) is 0 Å². The van der Waals surface area contributed by atoms with Gasteiger partial charge in [-0.25, -0.2) is 11.6 Å². The zero-order chi connectivity index (χ0) is 23.8. The summed E-state index contributed by atoms with van der Waals surface area (Å²) in [5.74, 6) is 0.398. The van der Waals surface area contributed by atoms with Crippen LogP contribution in [0.15, 0.2) is 35.9 Å². The van der Waals surface area contributed by atoms with Crippen molar-refractivity contribution in [3.05, 3.63) is 47.6 Å². The summed E-state index contributed by atoms with van der Waals surface area (Å²) < 4.78 is 1.59. The molecule has 1 aliphatic rings. The largest absolute Gasteiger partial charge is 0.508 e. The molecule has 0 aliphatic heterocycles. The summed E-state index contributed by atoms with van der Waals surface area (Å²) in [4.78, 5) is 0. The van der Waals surface area contributed by atoms with Gasteiger partial charge >= 0.3 is 50.5 Å². The predicted octanol–water partition coefficient (Wildman–Crippen LogP) is 7.66. The molecule has 0 saturated carbocycles. The van der Waals surface area contributed by atoms with Crippen molar-refractivity contribution < 1.29 is 25.1 Å². The van der Waals surface area contributed by atoms with Gasteiger partial charge in [-0.15, -0.1) is 6.42 Å². The maximum absolute atomic E-state index is 9.65. The molecule has 0 atom stereocenters. The summed E-state index contributed by atoms with van der Waals surface area (Å²) in [5, 5.41) is 11.3. The summed E-state index contributed by atoms with van der Waals surface area (Å²) in [7, 11) is -1.50. The van der Waals surface area contributed by atoms with Crippen molar-refractivity contribution in [3.8, 4) is 5.75 Å². The van der Waals surface area contributed by atoms with Crippen LogP contribution in [0.25, 0.3) is 0 Å². The molecule has 0 amide bonds. The standard InChI is InChI=1S/C13H22OSi.C9H13.C5H10.Ti/c1-10-7-11(14)9-12(8-10)15(5,6)13(2,3)4;1-9(2,3)8-6-4-5-7-8;1-3-5-4-2;/h7-9,14H,1-6H3;4,6H,5H2,1-3H3;3-4H2,1-2H3;/q;-1;;+1. The Kier molecular flexibility index (Phi) is 12.1. The third kappa shape index (κ3) is 10.1. The molecule has 3 heteroatoms. The number of benzene rings is 1. The van der Waals surface area contributed by atoms with Crippen LogP contribution in [0.3, 0.4) is 0 Å². The van der Waals surface area contributed by atoms with E-state index in [9.17, 15) is 5.11 Å². The van der Waals surface area contributed by atoms with Crippen LogP contribution in [0.2, 0.25) is 18.1 Å². The number of hydrogen-bond acceptors (Lipinski definition) is 1.